The van der Waals surface area contributed by atoms with Crippen LogP contribution in [0, 0.1) is 0 Å². The second kappa shape index (κ2) is 6.11. The van der Waals surface area contributed by atoms with E-state index in [2.05, 4.69) is 33.6 Å². The highest BCUT2D eigenvalue weighted by atomic mass is 32.1. The van der Waals surface area contributed by atoms with Crippen LogP contribution in [0.15, 0.2) is 36.7 Å². The molecule has 0 aliphatic carbocycles. The molecule has 0 bridgehead atoms. The number of fused-ring (bicyclic) bond motifs is 1. The predicted octanol–water partition coefficient (Wildman–Crippen LogP) is 3.96. The van der Waals surface area contributed by atoms with Crippen LogP contribution in [0.3, 0.4) is 0 Å². The van der Waals surface area contributed by atoms with Crippen LogP contribution >= 0.6 is 11.3 Å². The lowest BCUT2D eigenvalue weighted by atomic mass is 10.2. The molecule has 112 valence electrons. The molecule has 2 N–H and O–H groups in total. The quantitative estimate of drug-likeness (QED) is 0.765. The SMILES string of the molecule is CCc1cc2c(Nc3cccc(NC(C)=O)c3)ncnc2s1. The van der Waals surface area contributed by atoms with E-state index in [1.807, 2.05) is 24.3 Å². The van der Waals surface area contributed by atoms with Crippen molar-refractivity contribution in [3.63, 3.8) is 0 Å². The average molecular weight is 312 g/mol. The lowest BCUT2D eigenvalue weighted by molar-refractivity contribution is -0.114. The number of carbonyl (C=O) groups excluding carboxylic acids is 1. The Labute approximate surface area is 132 Å². The summed E-state index contributed by atoms with van der Waals surface area (Å²) < 4.78 is 0. The van der Waals surface area contributed by atoms with Crippen LogP contribution in [0.2, 0.25) is 0 Å². The largest absolute Gasteiger partial charge is 0.340 e. The summed E-state index contributed by atoms with van der Waals surface area (Å²) in [6.07, 6.45) is 2.55. The summed E-state index contributed by atoms with van der Waals surface area (Å²) in [5.41, 5.74) is 1.62. The summed E-state index contributed by atoms with van der Waals surface area (Å²) >= 11 is 1.69. The number of nitrogens with zero attached hydrogens (tertiary/aromatic N) is 2. The van der Waals surface area contributed by atoms with Gasteiger partial charge in [0.05, 0.1) is 5.39 Å². The van der Waals surface area contributed by atoms with Gasteiger partial charge in [-0.2, -0.15) is 0 Å². The van der Waals surface area contributed by atoms with Gasteiger partial charge in [0.1, 0.15) is 17.0 Å². The van der Waals surface area contributed by atoms with Gasteiger partial charge in [-0.1, -0.05) is 13.0 Å². The highest BCUT2D eigenvalue weighted by Crippen LogP contribution is 2.30. The Hall–Kier alpha value is -2.47. The molecule has 0 saturated heterocycles. The maximum atomic E-state index is 11.1. The van der Waals surface area contributed by atoms with Crippen molar-refractivity contribution in [1.82, 2.24) is 9.97 Å². The van der Waals surface area contributed by atoms with Gasteiger partial charge < -0.3 is 10.6 Å². The minimum Gasteiger partial charge on any atom is -0.340 e. The van der Waals surface area contributed by atoms with Crippen molar-refractivity contribution in [3.05, 3.63) is 41.5 Å². The highest BCUT2D eigenvalue weighted by molar-refractivity contribution is 7.18. The first-order valence-electron chi connectivity index (χ1n) is 7.04. The molecule has 3 rings (SSSR count). The molecule has 0 fully saturated rings. The number of carbonyl (C=O) groups is 1. The van der Waals surface area contributed by atoms with Crippen molar-refractivity contribution in [2.45, 2.75) is 20.3 Å². The fraction of sp³-hybridized carbons (Fsp3) is 0.188. The zero-order valence-corrected chi connectivity index (χ0v) is 13.2. The van der Waals surface area contributed by atoms with Crippen molar-refractivity contribution in [1.29, 1.82) is 0 Å². The van der Waals surface area contributed by atoms with Gasteiger partial charge in [-0.15, -0.1) is 11.3 Å². The molecule has 0 saturated carbocycles. The molecule has 6 heteroatoms. The number of hydrogen-bond donors (Lipinski definition) is 2. The number of hydrogen-bond acceptors (Lipinski definition) is 5. The van der Waals surface area contributed by atoms with Crippen molar-refractivity contribution in [2.24, 2.45) is 0 Å². The summed E-state index contributed by atoms with van der Waals surface area (Å²) in [4.78, 5) is 22.1. The van der Waals surface area contributed by atoms with E-state index in [1.54, 1.807) is 17.7 Å². The van der Waals surface area contributed by atoms with Crippen LogP contribution in [0.4, 0.5) is 17.2 Å². The number of nitrogens with one attached hydrogen (secondary N) is 2. The third-order valence-electron chi connectivity index (χ3n) is 3.17. The number of aromatic nitrogens is 2. The molecule has 3 aromatic rings. The fourth-order valence-electron chi connectivity index (χ4n) is 2.19. The molecule has 0 aliphatic rings. The Kier molecular flexibility index (Phi) is 4.02. The maximum Gasteiger partial charge on any atom is 0.221 e. The Morgan fingerprint density at radius 3 is 2.82 bits per heavy atom. The first-order chi connectivity index (χ1) is 10.7. The van der Waals surface area contributed by atoms with Crippen LogP contribution in [0.1, 0.15) is 18.7 Å². The minimum atomic E-state index is -0.0907. The zero-order chi connectivity index (χ0) is 15.5. The van der Waals surface area contributed by atoms with Gasteiger partial charge in [-0.05, 0) is 30.7 Å². The van der Waals surface area contributed by atoms with E-state index < -0.39 is 0 Å². The molecule has 0 aliphatic heterocycles. The van der Waals surface area contributed by atoms with Gasteiger partial charge >= 0.3 is 0 Å². The van der Waals surface area contributed by atoms with Crippen LogP contribution in [0.25, 0.3) is 10.2 Å². The topological polar surface area (TPSA) is 66.9 Å². The van der Waals surface area contributed by atoms with Gasteiger partial charge in [0, 0.05) is 23.2 Å². The van der Waals surface area contributed by atoms with E-state index in [9.17, 15) is 4.79 Å². The van der Waals surface area contributed by atoms with Gasteiger partial charge in [-0.25, -0.2) is 9.97 Å². The van der Waals surface area contributed by atoms with Crippen molar-refractivity contribution >= 4 is 44.7 Å². The van der Waals surface area contributed by atoms with Gasteiger partial charge in [0.2, 0.25) is 5.91 Å². The smallest absolute Gasteiger partial charge is 0.221 e. The Bertz CT molecular complexity index is 828. The third kappa shape index (κ3) is 3.07. The monoisotopic (exact) mass is 312 g/mol. The molecule has 2 heterocycles. The Morgan fingerprint density at radius 1 is 1.23 bits per heavy atom. The molecule has 1 amide bonds. The third-order valence-corrected chi connectivity index (χ3v) is 4.36. The molecule has 1 aromatic carbocycles. The van der Waals surface area contributed by atoms with E-state index in [0.29, 0.717) is 0 Å². The summed E-state index contributed by atoms with van der Waals surface area (Å²) in [5, 5.41) is 7.10. The predicted molar refractivity (Wildman–Crippen MR) is 90.8 cm³/mol. The fourth-order valence-corrected chi connectivity index (χ4v) is 3.13. The van der Waals surface area contributed by atoms with Crippen LogP contribution in [-0.4, -0.2) is 15.9 Å². The van der Waals surface area contributed by atoms with E-state index >= 15 is 0 Å². The van der Waals surface area contributed by atoms with Crippen LogP contribution in [-0.2, 0) is 11.2 Å². The number of aryl methyl sites for hydroxylation is 1. The van der Waals surface area contributed by atoms with Crippen molar-refractivity contribution in [3.8, 4) is 0 Å². The Morgan fingerprint density at radius 2 is 2.05 bits per heavy atom. The number of thiophene rings is 1. The molecule has 0 spiro atoms. The molecular formula is C16H16N4OS. The minimum absolute atomic E-state index is 0.0907. The summed E-state index contributed by atoms with van der Waals surface area (Å²) in [7, 11) is 0. The molecule has 0 radical (unpaired) electrons. The van der Waals surface area contributed by atoms with E-state index in [4.69, 9.17) is 0 Å². The highest BCUT2D eigenvalue weighted by Gasteiger charge is 2.08. The van der Waals surface area contributed by atoms with Gasteiger partial charge in [0.15, 0.2) is 0 Å². The lowest BCUT2D eigenvalue weighted by Crippen LogP contribution is -2.05. The summed E-state index contributed by atoms with van der Waals surface area (Å²) in [6.45, 7) is 3.62. The summed E-state index contributed by atoms with van der Waals surface area (Å²) in [5.74, 6) is 0.688. The molecule has 22 heavy (non-hydrogen) atoms. The van der Waals surface area contributed by atoms with E-state index in [0.717, 1.165) is 33.8 Å². The summed E-state index contributed by atoms with van der Waals surface area (Å²) in [6, 6.07) is 9.67. The zero-order valence-electron chi connectivity index (χ0n) is 12.4. The Balaban J connectivity index is 1.92. The van der Waals surface area contributed by atoms with E-state index in [1.165, 1.54) is 11.8 Å². The average Bonchev–Trinajstić information content (AvgIpc) is 2.91. The maximum absolute atomic E-state index is 11.1. The molecule has 0 unspecified atom stereocenters. The second-order valence-electron chi connectivity index (χ2n) is 4.89. The molecule has 2 aromatic heterocycles. The standard InChI is InChI=1S/C16H16N4OS/c1-3-13-8-14-15(17-9-18-16(14)22-13)20-12-6-4-5-11(7-12)19-10(2)21/h4-9H,3H2,1-2H3,(H,19,21)(H,17,18,20). The first-order valence-corrected chi connectivity index (χ1v) is 7.85. The second-order valence-corrected chi connectivity index (χ2v) is 6.01. The number of amides is 1. The van der Waals surface area contributed by atoms with Crippen LogP contribution < -0.4 is 10.6 Å². The van der Waals surface area contributed by atoms with Crippen molar-refractivity contribution in [2.75, 3.05) is 10.6 Å². The van der Waals surface area contributed by atoms with Gasteiger partial charge in [0.25, 0.3) is 0 Å². The number of rotatable bonds is 4. The number of benzene rings is 1. The molecule has 0 atom stereocenters. The van der Waals surface area contributed by atoms with E-state index in [-0.39, 0.29) is 5.91 Å². The number of anilines is 3. The normalized spacial score (nSPS) is 10.6. The van der Waals surface area contributed by atoms with Gasteiger partial charge in [-0.3, -0.25) is 4.79 Å². The lowest BCUT2D eigenvalue weighted by Gasteiger charge is -2.08. The van der Waals surface area contributed by atoms with Crippen LogP contribution in [0.5, 0.6) is 0 Å². The van der Waals surface area contributed by atoms with Crippen molar-refractivity contribution < 1.29 is 4.79 Å². The first kappa shape index (κ1) is 14.5. The molecule has 5 nitrogen and oxygen atoms in total. The molecular weight excluding hydrogens is 296 g/mol.